The van der Waals surface area contributed by atoms with Crippen LogP contribution in [0.3, 0.4) is 0 Å². The summed E-state index contributed by atoms with van der Waals surface area (Å²) in [6, 6.07) is 20.1. The monoisotopic (exact) mass is 534 g/mol. The summed E-state index contributed by atoms with van der Waals surface area (Å²) in [6.45, 7) is 1.03. The lowest BCUT2D eigenvalue weighted by molar-refractivity contribution is -0.0500. The molecule has 2 aliphatic rings. The van der Waals surface area contributed by atoms with Crippen molar-refractivity contribution in [1.29, 1.82) is 0 Å². The standard InChI is InChI=1S/C24H18ClF3N4O3S/c25-19-6-2-4-16(14-19)15-3-1-5-18(13-15)23(21-30-11-12-32(21)22(29)31-23)17-7-9-20(10-8-17)35-36(33,34)24(26,27)28/h1-10,13-14H,11-12H2,(H2,29,31). The summed E-state index contributed by atoms with van der Waals surface area (Å²) in [5, 5.41) is 0.575. The summed E-state index contributed by atoms with van der Waals surface area (Å²) >= 11 is 6.18. The molecule has 2 N–H and O–H groups in total. The van der Waals surface area contributed by atoms with E-state index in [0.29, 0.717) is 35.1 Å². The number of nitrogens with zero attached hydrogens (tertiary/aromatic N) is 3. The highest BCUT2D eigenvalue weighted by Crippen LogP contribution is 2.43. The van der Waals surface area contributed by atoms with E-state index >= 15 is 0 Å². The summed E-state index contributed by atoms with van der Waals surface area (Å²) < 4.78 is 65.3. The van der Waals surface area contributed by atoms with Gasteiger partial charge in [-0.1, -0.05) is 54.1 Å². The van der Waals surface area contributed by atoms with E-state index in [9.17, 15) is 21.6 Å². The molecule has 5 rings (SSSR count). The van der Waals surface area contributed by atoms with E-state index in [-0.39, 0.29) is 5.96 Å². The minimum absolute atomic E-state index is 0.249. The molecule has 3 aromatic rings. The highest BCUT2D eigenvalue weighted by atomic mass is 35.5. The van der Waals surface area contributed by atoms with Gasteiger partial charge >= 0.3 is 15.6 Å². The predicted molar refractivity (Wildman–Crippen MR) is 130 cm³/mol. The van der Waals surface area contributed by atoms with Crippen molar-refractivity contribution >= 4 is 33.5 Å². The van der Waals surface area contributed by atoms with E-state index in [0.717, 1.165) is 23.3 Å². The number of hydrogen-bond donors (Lipinski definition) is 1. The number of hydrogen-bond acceptors (Lipinski definition) is 7. The summed E-state index contributed by atoms with van der Waals surface area (Å²) in [5.74, 6) is 0.332. The van der Waals surface area contributed by atoms with Gasteiger partial charge in [0.05, 0.1) is 6.54 Å². The van der Waals surface area contributed by atoms with Gasteiger partial charge in [0.25, 0.3) is 0 Å². The molecular weight excluding hydrogens is 517 g/mol. The average molecular weight is 535 g/mol. The second-order valence-corrected chi connectivity index (χ2v) is 10.1. The first kappa shape index (κ1) is 24.1. The van der Waals surface area contributed by atoms with Crippen molar-refractivity contribution in [2.75, 3.05) is 13.1 Å². The average Bonchev–Trinajstić information content (AvgIpc) is 3.42. The number of halogens is 4. The summed E-state index contributed by atoms with van der Waals surface area (Å²) in [5.41, 5.74) is 2.47. The third-order valence-electron chi connectivity index (χ3n) is 5.92. The van der Waals surface area contributed by atoms with Crippen LogP contribution in [-0.2, 0) is 15.7 Å². The van der Waals surface area contributed by atoms with Gasteiger partial charge in [0.2, 0.25) is 0 Å². The van der Waals surface area contributed by atoms with Gasteiger partial charge in [-0.05, 0) is 52.6 Å². The van der Waals surface area contributed by atoms with E-state index in [1.165, 1.54) is 12.1 Å². The lowest BCUT2D eigenvalue weighted by Gasteiger charge is -2.29. The Morgan fingerprint density at radius 2 is 1.64 bits per heavy atom. The third-order valence-corrected chi connectivity index (χ3v) is 7.14. The first-order chi connectivity index (χ1) is 17.0. The van der Waals surface area contributed by atoms with Crippen LogP contribution in [0, 0.1) is 0 Å². The first-order valence-corrected chi connectivity index (χ1v) is 12.5. The van der Waals surface area contributed by atoms with Crippen molar-refractivity contribution in [2.45, 2.75) is 11.0 Å². The van der Waals surface area contributed by atoms with Gasteiger partial charge < -0.3 is 9.92 Å². The maximum absolute atomic E-state index is 12.7. The third kappa shape index (κ3) is 3.97. The van der Waals surface area contributed by atoms with E-state index < -0.39 is 26.9 Å². The number of aliphatic imine (C=N–C) groups is 2. The SMILES string of the molecule is NC1=NC(c2ccc(OS(=O)(=O)C(F)(F)F)cc2)(c2cccc(-c3cccc(Cl)c3)c2)C2=NCCN12. The number of fused-ring (bicyclic) bond motifs is 1. The fourth-order valence-electron chi connectivity index (χ4n) is 4.33. The van der Waals surface area contributed by atoms with Crippen LogP contribution in [0.2, 0.25) is 5.02 Å². The Morgan fingerprint density at radius 1 is 0.972 bits per heavy atom. The molecular formula is C24H18ClF3N4O3S. The smallest absolute Gasteiger partial charge is 0.376 e. The second kappa shape index (κ2) is 8.52. The number of guanidine groups is 1. The molecule has 0 aromatic heterocycles. The van der Waals surface area contributed by atoms with Crippen molar-refractivity contribution in [2.24, 2.45) is 15.7 Å². The molecule has 0 radical (unpaired) electrons. The van der Waals surface area contributed by atoms with Gasteiger partial charge in [-0.25, -0.2) is 4.99 Å². The van der Waals surface area contributed by atoms with Crippen molar-refractivity contribution in [3.8, 4) is 16.9 Å². The van der Waals surface area contributed by atoms with E-state index in [4.69, 9.17) is 22.3 Å². The predicted octanol–water partition coefficient (Wildman–Crippen LogP) is 4.52. The molecule has 0 amide bonds. The summed E-state index contributed by atoms with van der Waals surface area (Å²) in [6.07, 6.45) is 0. The Kier molecular flexibility index (Phi) is 5.72. The topological polar surface area (TPSA) is 97.3 Å². The number of rotatable bonds is 5. The van der Waals surface area contributed by atoms with Crippen molar-refractivity contribution in [3.05, 3.63) is 88.9 Å². The Hall–Kier alpha value is -3.57. The van der Waals surface area contributed by atoms with Crippen molar-refractivity contribution < 1.29 is 25.8 Å². The molecule has 0 spiro atoms. The van der Waals surface area contributed by atoms with Crippen LogP contribution in [0.5, 0.6) is 5.75 Å². The molecule has 7 nitrogen and oxygen atoms in total. The molecule has 0 fully saturated rings. The molecule has 0 saturated heterocycles. The highest BCUT2D eigenvalue weighted by Gasteiger charge is 2.51. The molecule has 3 aromatic carbocycles. The molecule has 1 atom stereocenters. The number of nitrogens with two attached hydrogens (primary N) is 1. The van der Waals surface area contributed by atoms with Crippen LogP contribution >= 0.6 is 11.6 Å². The lowest BCUT2D eigenvalue weighted by Crippen LogP contribution is -2.41. The zero-order chi connectivity index (χ0) is 25.7. The molecule has 186 valence electrons. The fraction of sp³-hybridized carbons (Fsp3) is 0.167. The van der Waals surface area contributed by atoms with E-state index in [1.54, 1.807) is 11.0 Å². The van der Waals surface area contributed by atoms with Gasteiger partial charge in [0, 0.05) is 11.6 Å². The van der Waals surface area contributed by atoms with Gasteiger partial charge in [-0.2, -0.15) is 21.6 Å². The fourth-order valence-corrected chi connectivity index (χ4v) is 4.98. The Morgan fingerprint density at radius 3 is 2.31 bits per heavy atom. The minimum Gasteiger partial charge on any atom is -0.376 e. The quantitative estimate of drug-likeness (QED) is 0.383. The van der Waals surface area contributed by atoms with Crippen LogP contribution < -0.4 is 9.92 Å². The van der Waals surface area contributed by atoms with Crippen LogP contribution in [0.4, 0.5) is 13.2 Å². The molecule has 0 bridgehead atoms. The van der Waals surface area contributed by atoms with E-state index in [2.05, 4.69) is 9.18 Å². The molecule has 2 aliphatic heterocycles. The number of benzene rings is 3. The highest BCUT2D eigenvalue weighted by molar-refractivity contribution is 7.88. The normalized spacial score (nSPS) is 19.6. The second-order valence-electron chi connectivity index (χ2n) is 8.14. The maximum Gasteiger partial charge on any atom is 0.534 e. The maximum atomic E-state index is 12.7. The molecule has 2 heterocycles. The zero-order valence-corrected chi connectivity index (χ0v) is 20.0. The molecule has 0 saturated carbocycles. The largest absolute Gasteiger partial charge is 0.534 e. The van der Waals surface area contributed by atoms with Gasteiger partial charge in [0.15, 0.2) is 11.5 Å². The van der Waals surface area contributed by atoms with Crippen LogP contribution in [0.25, 0.3) is 11.1 Å². The van der Waals surface area contributed by atoms with Crippen LogP contribution in [-0.4, -0.2) is 43.7 Å². The Balaban J connectivity index is 1.62. The van der Waals surface area contributed by atoms with Gasteiger partial charge in [-0.15, -0.1) is 0 Å². The first-order valence-electron chi connectivity index (χ1n) is 10.7. The lowest BCUT2D eigenvalue weighted by atomic mass is 9.81. The van der Waals surface area contributed by atoms with E-state index in [1.807, 2.05) is 42.5 Å². The van der Waals surface area contributed by atoms with Crippen LogP contribution in [0.15, 0.2) is 82.8 Å². The number of amidine groups is 1. The van der Waals surface area contributed by atoms with Gasteiger partial charge in [-0.3, -0.25) is 9.89 Å². The molecule has 12 heteroatoms. The molecule has 1 unspecified atom stereocenters. The van der Waals surface area contributed by atoms with Gasteiger partial charge in [0.1, 0.15) is 11.6 Å². The number of alkyl halides is 3. The van der Waals surface area contributed by atoms with Crippen LogP contribution in [0.1, 0.15) is 11.1 Å². The minimum atomic E-state index is -5.80. The van der Waals surface area contributed by atoms with Crippen molar-refractivity contribution in [3.63, 3.8) is 0 Å². The van der Waals surface area contributed by atoms with Crippen molar-refractivity contribution in [1.82, 2.24) is 4.90 Å². The molecule has 36 heavy (non-hydrogen) atoms. The molecule has 0 aliphatic carbocycles. The Bertz CT molecular complexity index is 1510. The Labute approximate surface area is 209 Å². The zero-order valence-electron chi connectivity index (χ0n) is 18.4. The summed E-state index contributed by atoms with van der Waals surface area (Å²) in [4.78, 5) is 11.2. The summed E-state index contributed by atoms with van der Waals surface area (Å²) in [7, 11) is -5.80.